The SMILES string of the molecule is O=P12O[C@@]3(O)[C@](O)([C@]4(O)O[C@H](CO)[C@@H](O)[C@H](O)[C@@H]4O)[C@](O)(O1)[C@@](O)([C@]1(O)O[C@H](CO)[C@@H](O)[C@H](O)[C@@H]1O)[C@H](O)[C@]3(O)O2. The van der Waals surface area contributed by atoms with E-state index in [4.69, 9.17) is 9.47 Å². The highest BCUT2D eigenvalue weighted by Gasteiger charge is 3.03. The second kappa shape index (κ2) is 8.76. The fourth-order valence-corrected chi connectivity index (χ4v) is 8.05. The molecule has 1 aliphatic carbocycles. The molecule has 0 radical (unpaired) electrons. The minimum Gasteiger partial charge on any atom is -0.394 e. The first-order chi connectivity index (χ1) is 18.6. The molecule has 23 heteroatoms. The maximum Gasteiger partial charge on any atom is 0.483 e. The lowest BCUT2D eigenvalue weighted by molar-refractivity contribution is -0.584. The van der Waals surface area contributed by atoms with Crippen LogP contribution in [-0.4, -0.2) is 190 Å². The number of fused-ring (bicyclic) bond motifs is 2. The van der Waals surface area contributed by atoms with E-state index in [1.54, 1.807) is 0 Å². The molecule has 4 heterocycles. The van der Waals surface area contributed by atoms with Gasteiger partial charge in [0.1, 0.15) is 48.8 Å². The number of aliphatic hydroxyl groups is 16. The van der Waals surface area contributed by atoms with E-state index < -0.39 is 116 Å². The summed E-state index contributed by atoms with van der Waals surface area (Å²) in [6.45, 7) is -2.73. The number of hydrogen-bond donors (Lipinski definition) is 16. The number of phosphoric ester groups is 1. The van der Waals surface area contributed by atoms with E-state index in [9.17, 15) is 86.3 Å². The normalized spacial score (nSPS) is 65.9. The van der Waals surface area contributed by atoms with Crippen LogP contribution in [0.4, 0.5) is 0 Å². The van der Waals surface area contributed by atoms with E-state index in [-0.39, 0.29) is 0 Å². The summed E-state index contributed by atoms with van der Waals surface area (Å²) < 4.78 is 36.6. The van der Waals surface area contributed by atoms with Gasteiger partial charge >= 0.3 is 7.82 Å². The van der Waals surface area contributed by atoms with Crippen molar-refractivity contribution in [3.05, 3.63) is 0 Å². The lowest BCUT2D eigenvalue weighted by Crippen LogP contribution is -3.01. The van der Waals surface area contributed by atoms with Crippen molar-refractivity contribution < 1.29 is 109 Å². The first-order valence-electron chi connectivity index (χ1n) is 11.7. The minimum absolute atomic E-state index is 1.36. The molecule has 0 amide bonds. The quantitative estimate of drug-likeness (QED) is 0.128. The molecule has 22 nitrogen and oxygen atoms in total. The summed E-state index contributed by atoms with van der Waals surface area (Å²) in [5.41, 5.74) is -9.57. The van der Waals surface area contributed by atoms with Gasteiger partial charge in [-0.15, -0.1) is 0 Å². The van der Waals surface area contributed by atoms with Crippen molar-refractivity contribution in [3.8, 4) is 0 Å². The third-order valence-corrected chi connectivity index (χ3v) is 9.96. The maximum absolute atomic E-state index is 13.1. The molecular formula is C18H29O22P. The summed E-state index contributed by atoms with van der Waals surface area (Å²) >= 11 is 0. The van der Waals surface area contributed by atoms with Gasteiger partial charge in [0.25, 0.3) is 17.4 Å². The van der Waals surface area contributed by atoms with Crippen molar-refractivity contribution in [1.29, 1.82) is 0 Å². The fraction of sp³-hybridized carbons (Fsp3) is 1.00. The van der Waals surface area contributed by atoms with Crippen LogP contribution in [-0.2, 0) is 27.6 Å². The van der Waals surface area contributed by atoms with Gasteiger partial charge in [-0.25, -0.2) is 18.1 Å². The van der Waals surface area contributed by atoms with Crippen LogP contribution in [0.15, 0.2) is 0 Å². The molecule has 0 aromatic carbocycles. The van der Waals surface area contributed by atoms with E-state index >= 15 is 0 Å². The molecule has 17 atom stereocenters. The van der Waals surface area contributed by atoms with E-state index in [2.05, 4.69) is 13.6 Å². The molecule has 4 saturated heterocycles. The summed E-state index contributed by atoms with van der Waals surface area (Å²) in [7, 11) is -5.81. The second-order valence-electron chi connectivity index (χ2n) is 10.5. The van der Waals surface area contributed by atoms with Crippen molar-refractivity contribution >= 4 is 7.82 Å². The zero-order valence-electron chi connectivity index (χ0n) is 20.2. The van der Waals surface area contributed by atoms with Crippen LogP contribution in [0.25, 0.3) is 0 Å². The van der Waals surface area contributed by atoms with Crippen molar-refractivity contribution in [1.82, 2.24) is 0 Å². The minimum atomic E-state index is -5.81. The van der Waals surface area contributed by atoms with Gasteiger partial charge in [0.05, 0.1) is 13.2 Å². The molecule has 4 aliphatic heterocycles. The Kier molecular flexibility index (Phi) is 6.80. The van der Waals surface area contributed by atoms with E-state index in [0.29, 0.717) is 0 Å². The van der Waals surface area contributed by atoms with Gasteiger partial charge in [-0.2, -0.15) is 0 Å². The van der Waals surface area contributed by atoms with Crippen LogP contribution < -0.4 is 0 Å². The van der Waals surface area contributed by atoms with Gasteiger partial charge in [-0.1, -0.05) is 0 Å². The average Bonchev–Trinajstić information content (AvgIpc) is 3.08. The van der Waals surface area contributed by atoms with Crippen molar-refractivity contribution in [2.75, 3.05) is 13.2 Å². The summed E-state index contributed by atoms with van der Waals surface area (Å²) in [4.78, 5) is 0. The number of aliphatic hydroxyl groups excluding tert-OH is 9. The zero-order chi connectivity index (χ0) is 31.1. The van der Waals surface area contributed by atoms with E-state index in [0.717, 1.165) is 0 Å². The summed E-state index contributed by atoms with van der Waals surface area (Å²) in [6, 6.07) is 0. The molecule has 1 unspecified atom stereocenters. The molecule has 1 saturated carbocycles. The van der Waals surface area contributed by atoms with Crippen LogP contribution >= 0.6 is 7.82 Å². The monoisotopic (exact) mass is 628 g/mol. The van der Waals surface area contributed by atoms with Gasteiger partial charge in [0, 0.05) is 0 Å². The van der Waals surface area contributed by atoms with E-state index in [1.165, 1.54) is 0 Å². The molecule has 41 heavy (non-hydrogen) atoms. The molecule has 3 bridgehead atoms. The third kappa shape index (κ3) is 3.09. The predicted molar refractivity (Wildman–Crippen MR) is 111 cm³/mol. The smallest absolute Gasteiger partial charge is 0.394 e. The lowest BCUT2D eigenvalue weighted by Gasteiger charge is -2.70. The van der Waals surface area contributed by atoms with Crippen LogP contribution in [0.3, 0.4) is 0 Å². The number of hydrogen-bond acceptors (Lipinski definition) is 22. The van der Waals surface area contributed by atoms with Gasteiger partial charge in [0.15, 0.2) is 6.10 Å². The second-order valence-corrected chi connectivity index (χ2v) is 11.9. The summed E-state index contributed by atoms with van der Waals surface area (Å²) in [5.74, 6) is -22.6. The molecule has 5 rings (SSSR count). The Morgan fingerprint density at radius 1 is 0.561 bits per heavy atom. The molecular weight excluding hydrogens is 599 g/mol. The van der Waals surface area contributed by atoms with Gasteiger partial charge < -0.3 is 91.2 Å². The van der Waals surface area contributed by atoms with Gasteiger partial charge in [-0.3, -0.25) is 0 Å². The third-order valence-electron chi connectivity index (χ3n) is 8.49. The Bertz CT molecular complexity index is 1140. The van der Waals surface area contributed by atoms with Crippen LogP contribution in [0.2, 0.25) is 0 Å². The lowest BCUT2D eigenvalue weighted by atomic mass is 9.53. The van der Waals surface area contributed by atoms with E-state index in [1.807, 2.05) is 0 Å². The molecule has 0 spiro atoms. The van der Waals surface area contributed by atoms with Crippen LogP contribution in [0, 0.1) is 0 Å². The maximum atomic E-state index is 13.1. The zero-order valence-corrected chi connectivity index (χ0v) is 21.1. The standard InChI is InChI=1S/C18H29O22P/c19-1-3-5(21)7(23)9(25)13(29,36-3)12(28)11(27)15(31)18(34)16(32,17(12,33)39-41(35,38-15)40-18)14(30)10(26)8(24)6(22)4(2-20)37-14/h3-11,19-34H,1-2H2/t3-,4-,5-,6-,7+,8+,9+,10+,11+,12+,13-,14-,15+,16+,17-,18-,41?/m1/s1. The Labute approximate surface area is 226 Å². The highest BCUT2D eigenvalue weighted by Crippen LogP contribution is 2.80. The van der Waals surface area contributed by atoms with Gasteiger partial charge in [-0.05, 0) is 0 Å². The Balaban J connectivity index is 1.84. The average molecular weight is 628 g/mol. The molecule has 0 aromatic heterocycles. The Hall–Kier alpha value is -0.610. The molecule has 238 valence electrons. The summed E-state index contributed by atoms with van der Waals surface area (Å²) in [5, 5.41) is 174. The Morgan fingerprint density at radius 2 is 0.976 bits per heavy atom. The number of ether oxygens (including phenoxy) is 2. The number of phosphoric acid groups is 1. The topological polar surface area (TPSA) is 387 Å². The first-order valence-corrected chi connectivity index (χ1v) is 13.2. The molecule has 5 fully saturated rings. The molecule has 16 N–H and O–H groups in total. The highest BCUT2D eigenvalue weighted by atomic mass is 31.2. The van der Waals surface area contributed by atoms with Crippen molar-refractivity contribution in [2.45, 2.75) is 95.1 Å². The van der Waals surface area contributed by atoms with Crippen molar-refractivity contribution in [3.63, 3.8) is 0 Å². The Morgan fingerprint density at radius 3 is 1.44 bits per heavy atom. The number of rotatable bonds is 4. The predicted octanol–water partition coefficient (Wildman–Crippen LogP) is -10.6. The summed E-state index contributed by atoms with van der Waals surface area (Å²) in [6.07, 6.45) is -24.6. The first kappa shape index (κ1) is 31.8. The fourth-order valence-electron chi connectivity index (χ4n) is 6.19. The van der Waals surface area contributed by atoms with Crippen LogP contribution in [0.1, 0.15) is 0 Å². The van der Waals surface area contributed by atoms with Gasteiger partial charge in [0.2, 0.25) is 22.8 Å². The highest BCUT2D eigenvalue weighted by molar-refractivity contribution is 7.49. The molecule has 5 aliphatic rings. The molecule has 0 aromatic rings. The van der Waals surface area contributed by atoms with Crippen molar-refractivity contribution in [2.24, 2.45) is 0 Å². The largest absolute Gasteiger partial charge is 0.483 e. The van der Waals surface area contributed by atoms with Crippen LogP contribution in [0.5, 0.6) is 0 Å².